The zero-order valence-electron chi connectivity index (χ0n) is 18.5. The molecule has 2 amide bonds. The number of likely N-dealkylation sites (tertiary alicyclic amines) is 1. The first-order valence-electron chi connectivity index (χ1n) is 10.1. The standard InChI is InChI=1S/C22H34N2O5/c1-16-9-10-18(19(12-16)27-6)28-15-20(25)24-11-7-8-17(14-24)13-23(5)21(26)29-22(2,3)4/h9-10,12,17H,7-8,11,13-15H2,1-6H3. The summed E-state index contributed by atoms with van der Waals surface area (Å²) in [5, 5.41) is 0. The molecular weight excluding hydrogens is 372 g/mol. The van der Waals surface area contributed by atoms with Crippen LogP contribution >= 0.6 is 0 Å². The summed E-state index contributed by atoms with van der Waals surface area (Å²) in [6, 6.07) is 5.62. The van der Waals surface area contributed by atoms with Gasteiger partial charge in [0.2, 0.25) is 0 Å². The molecule has 1 aromatic rings. The smallest absolute Gasteiger partial charge is 0.410 e. The molecule has 1 atom stereocenters. The Hall–Kier alpha value is -2.44. The van der Waals surface area contributed by atoms with Crippen LogP contribution in [0.2, 0.25) is 0 Å². The van der Waals surface area contributed by atoms with Crippen LogP contribution in [0.1, 0.15) is 39.2 Å². The van der Waals surface area contributed by atoms with Crippen LogP contribution in [0.4, 0.5) is 4.79 Å². The number of aryl methyl sites for hydroxylation is 1. The molecule has 1 fully saturated rings. The summed E-state index contributed by atoms with van der Waals surface area (Å²) < 4.78 is 16.4. The van der Waals surface area contributed by atoms with Gasteiger partial charge in [0.05, 0.1) is 7.11 Å². The van der Waals surface area contributed by atoms with E-state index in [0.29, 0.717) is 31.1 Å². The van der Waals surface area contributed by atoms with Crippen LogP contribution in [0, 0.1) is 12.8 Å². The summed E-state index contributed by atoms with van der Waals surface area (Å²) in [5.74, 6) is 1.34. The Balaban J connectivity index is 1.87. The van der Waals surface area contributed by atoms with Crippen molar-refractivity contribution in [2.24, 2.45) is 5.92 Å². The molecule has 0 aromatic heterocycles. The zero-order chi connectivity index (χ0) is 21.6. The lowest BCUT2D eigenvalue weighted by atomic mass is 9.97. The Morgan fingerprint density at radius 3 is 2.62 bits per heavy atom. The SMILES string of the molecule is COc1cc(C)ccc1OCC(=O)N1CCCC(CN(C)C(=O)OC(C)(C)C)C1. The lowest BCUT2D eigenvalue weighted by molar-refractivity contribution is -0.135. The maximum absolute atomic E-state index is 12.6. The van der Waals surface area contributed by atoms with Gasteiger partial charge in [0.25, 0.3) is 5.91 Å². The van der Waals surface area contributed by atoms with Crippen molar-refractivity contribution < 1.29 is 23.8 Å². The average molecular weight is 407 g/mol. The topological polar surface area (TPSA) is 68.3 Å². The van der Waals surface area contributed by atoms with E-state index in [1.54, 1.807) is 19.1 Å². The highest BCUT2D eigenvalue weighted by Gasteiger charge is 2.27. The van der Waals surface area contributed by atoms with E-state index in [9.17, 15) is 9.59 Å². The number of amides is 2. The summed E-state index contributed by atoms with van der Waals surface area (Å²) in [6.45, 7) is 9.37. The van der Waals surface area contributed by atoms with Gasteiger partial charge in [0.1, 0.15) is 5.60 Å². The monoisotopic (exact) mass is 406 g/mol. The fraction of sp³-hybridized carbons (Fsp3) is 0.636. The molecule has 29 heavy (non-hydrogen) atoms. The second-order valence-electron chi connectivity index (χ2n) is 8.65. The van der Waals surface area contributed by atoms with E-state index in [2.05, 4.69) is 0 Å². The van der Waals surface area contributed by atoms with Crippen molar-refractivity contribution in [1.29, 1.82) is 0 Å². The minimum atomic E-state index is -0.520. The van der Waals surface area contributed by atoms with Crippen LogP contribution in [-0.4, -0.2) is 67.8 Å². The van der Waals surface area contributed by atoms with Crippen molar-refractivity contribution in [2.45, 2.75) is 46.1 Å². The van der Waals surface area contributed by atoms with Crippen LogP contribution < -0.4 is 9.47 Å². The van der Waals surface area contributed by atoms with Gasteiger partial charge in [-0.1, -0.05) is 6.07 Å². The Morgan fingerprint density at radius 2 is 1.97 bits per heavy atom. The minimum Gasteiger partial charge on any atom is -0.493 e. The molecule has 0 bridgehead atoms. The number of hydrogen-bond donors (Lipinski definition) is 0. The molecule has 1 unspecified atom stereocenters. The fourth-order valence-electron chi connectivity index (χ4n) is 3.37. The van der Waals surface area contributed by atoms with Gasteiger partial charge in [-0.15, -0.1) is 0 Å². The highest BCUT2D eigenvalue weighted by Crippen LogP contribution is 2.28. The number of hydrogen-bond acceptors (Lipinski definition) is 5. The zero-order valence-corrected chi connectivity index (χ0v) is 18.5. The van der Waals surface area contributed by atoms with Gasteiger partial charge in [-0.3, -0.25) is 4.79 Å². The van der Waals surface area contributed by atoms with Gasteiger partial charge in [-0.05, 0) is 64.2 Å². The first-order valence-corrected chi connectivity index (χ1v) is 10.1. The van der Waals surface area contributed by atoms with Crippen LogP contribution in [0.15, 0.2) is 18.2 Å². The number of benzene rings is 1. The number of methoxy groups -OCH3 is 1. The molecule has 0 aliphatic carbocycles. The van der Waals surface area contributed by atoms with Gasteiger partial charge < -0.3 is 24.0 Å². The van der Waals surface area contributed by atoms with E-state index in [-0.39, 0.29) is 24.5 Å². The first-order chi connectivity index (χ1) is 13.6. The molecule has 1 heterocycles. The van der Waals surface area contributed by atoms with Gasteiger partial charge in [-0.2, -0.15) is 0 Å². The molecule has 0 radical (unpaired) electrons. The fourth-order valence-corrected chi connectivity index (χ4v) is 3.37. The van der Waals surface area contributed by atoms with E-state index >= 15 is 0 Å². The quantitative estimate of drug-likeness (QED) is 0.723. The molecule has 162 valence electrons. The Labute approximate surface area is 173 Å². The molecule has 1 aliphatic heterocycles. The van der Waals surface area contributed by atoms with Crippen LogP contribution in [-0.2, 0) is 9.53 Å². The van der Waals surface area contributed by atoms with Gasteiger partial charge in [-0.25, -0.2) is 4.79 Å². The largest absolute Gasteiger partial charge is 0.493 e. The van der Waals surface area contributed by atoms with E-state index in [0.717, 1.165) is 18.4 Å². The predicted molar refractivity (Wildman–Crippen MR) is 111 cm³/mol. The van der Waals surface area contributed by atoms with Crippen molar-refractivity contribution in [1.82, 2.24) is 9.80 Å². The van der Waals surface area contributed by atoms with Crippen LogP contribution in [0.25, 0.3) is 0 Å². The number of rotatable bonds is 6. The normalized spacial score (nSPS) is 16.9. The maximum atomic E-state index is 12.6. The molecule has 0 N–H and O–H groups in total. The van der Waals surface area contributed by atoms with E-state index in [4.69, 9.17) is 14.2 Å². The lowest BCUT2D eigenvalue weighted by Gasteiger charge is -2.35. The molecule has 1 saturated heterocycles. The summed E-state index contributed by atoms with van der Waals surface area (Å²) in [6.07, 6.45) is 1.55. The van der Waals surface area contributed by atoms with Crippen molar-refractivity contribution in [2.75, 3.05) is 40.4 Å². The third-order valence-corrected chi connectivity index (χ3v) is 4.78. The van der Waals surface area contributed by atoms with Crippen LogP contribution in [0.3, 0.4) is 0 Å². The Kier molecular flexibility index (Phi) is 7.76. The van der Waals surface area contributed by atoms with E-state index < -0.39 is 5.60 Å². The summed E-state index contributed by atoms with van der Waals surface area (Å²) in [5.41, 5.74) is 0.544. The van der Waals surface area contributed by atoms with Crippen molar-refractivity contribution in [3.63, 3.8) is 0 Å². The third-order valence-electron chi connectivity index (χ3n) is 4.78. The Morgan fingerprint density at radius 1 is 1.24 bits per heavy atom. The van der Waals surface area contributed by atoms with Crippen molar-refractivity contribution >= 4 is 12.0 Å². The Bertz CT molecular complexity index is 714. The molecule has 2 rings (SSSR count). The number of ether oxygens (including phenoxy) is 3. The maximum Gasteiger partial charge on any atom is 0.410 e. The minimum absolute atomic E-state index is 0.0337. The second-order valence-corrected chi connectivity index (χ2v) is 8.65. The van der Waals surface area contributed by atoms with Gasteiger partial charge >= 0.3 is 6.09 Å². The van der Waals surface area contributed by atoms with Crippen molar-refractivity contribution in [3.8, 4) is 11.5 Å². The number of carbonyl (C=O) groups excluding carboxylic acids is 2. The summed E-state index contributed by atoms with van der Waals surface area (Å²) in [7, 11) is 3.32. The third kappa shape index (κ3) is 7.15. The van der Waals surface area contributed by atoms with E-state index in [1.165, 1.54) is 0 Å². The number of piperidine rings is 1. The molecule has 7 heteroatoms. The van der Waals surface area contributed by atoms with Crippen molar-refractivity contribution in [3.05, 3.63) is 23.8 Å². The number of carbonyl (C=O) groups is 2. The number of nitrogens with zero attached hydrogens (tertiary/aromatic N) is 2. The average Bonchev–Trinajstić information content (AvgIpc) is 2.65. The summed E-state index contributed by atoms with van der Waals surface area (Å²) >= 11 is 0. The highest BCUT2D eigenvalue weighted by molar-refractivity contribution is 5.78. The van der Waals surface area contributed by atoms with Gasteiger partial charge in [0, 0.05) is 26.7 Å². The molecule has 0 spiro atoms. The highest BCUT2D eigenvalue weighted by atomic mass is 16.6. The molecule has 1 aromatic carbocycles. The lowest BCUT2D eigenvalue weighted by Crippen LogP contribution is -2.46. The van der Waals surface area contributed by atoms with Crippen LogP contribution in [0.5, 0.6) is 11.5 Å². The predicted octanol–water partition coefficient (Wildman–Crippen LogP) is 3.49. The van der Waals surface area contributed by atoms with E-state index in [1.807, 2.05) is 50.8 Å². The summed E-state index contributed by atoms with van der Waals surface area (Å²) in [4.78, 5) is 28.2. The molecule has 0 saturated carbocycles. The molecule has 1 aliphatic rings. The second kappa shape index (κ2) is 9.85. The molecular formula is C22H34N2O5. The first kappa shape index (κ1) is 22.8. The molecule has 7 nitrogen and oxygen atoms in total. The van der Waals surface area contributed by atoms with Gasteiger partial charge in [0.15, 0.2) is 18.1 Å².